The highest BCUT2D eigenvalue weighted by molar-refractivity contribution is 5.99. The van der Waals surface area contributed by atoms with Gasteiger partial charge in [-0.25, -0.2) is 4.98 Å². The van der Waals surface area contributed by atoms with Crippen molar-refractivity contribution in [1.29, 1.82) is 0 Å². The van der Waals surface area contributed by atoms with E-state index >= 15 is 0 Å². The molecule has 26 heavy (non-hydrogen) atoms. The zero-order valence-corrected chi connectivity index (χ0v) is 14.7. The lowest BCUT2D eigenvalue weighted by atomic mass is 10.0. The molecule has 2 N–H and O–H groups in total. The summed E-state index contributed by atoms with van der Waals surface area (Å²) in [5.41, 5.74) is 4.51. The molecule has 0 spiro atoms. The molecule has 1 aliphatic heterocycles. The number of nitrogens with zero attached hydrogens (tertiary/aromatic N) is 3. The van der Waals surface area contributed by atoms with Crippen LogP contribution in [-0.2, 0) is 13.0 Å². The Morgan fingerprint density at radius 3 is 2.92 bits per heavy atom. The normalized spacial score (nSPS) is 13.5. The van der Waals surface area contributed by atoms with Gasteiger partial charge in [-0.05, 0) is 26.3 Å². The molecule has 0 bridgehead atoms. The Morgan fingerprint density at radius 1 is 1.27 bits per heavy atom. The van der Waals surface area contributed by atoms with E-state index < -0.39 is 0 Å². The minimum atomic E-state index is -0.111. The summed E-state index contributed by atoms with van der Waals surface area (Å²) >= 11 is 0. The minimum absolute atomic E-state index is 0.108. The van der Waals surface area contributed by atoms with Crippen LogP contribution in [0.4, 0.5) is 0 Å². The predicted molar refractivity (Wildman–Crippen MR) is 96.8 cm³/mol. The molecule has 2 aromatic heterocycles. The molecule has 0 saturated heterocycles. The molecule has 0 atom stereocenters. The molecule has 0 radical (unpaired) electrons. The van der Waals surface area contributed by atoms with Gasteiger partial charge in [0, 0.05) is 17.7 Å². The quantitative estimate of drug-likeness (QED) is 0.739. The second-order valence-electron chi connectivity index (χ2n) is 6.58. The fourth-order valence-corrected chi connectivity index (χ4v) is 3.38. The van der Waals surface area contributed by atoms with Gasteiger partial charge in [0.05, 0.1) is 29.7 Å². The van der Waals surface area contributed by atoms with Crippen molar-refractivity contribution < 1.29 is 4.79 Å². The molecule has 3 heterocycles. The monoisotopic (exact) mass is 349 g/mol. The molecule has 0 saturated carbocycles. The maximum atomic E-state index is 13.1. The number of amides is 1. The van der Waals surface area contributed by atoms with Gasteiger partial charge in [0.15, 0.2) is 0 Å². The number of fused-ring (bicyclic) bond motifs is 1. The fourth-order valence-electron chi connectivity index (χ4n) is 3.38. The van der Waals surface area contributed by atoms with Gasteiger partial charge in [-0.3, -0.25) is 14.7 Å². The van der Waals surface area contributed by atoms with Crippen LogP contribution in [0.15, 0.2) is 35.3 Å². The van der Waals surface area contributed by atoms with Gasteiger partial charge in [-0.15, -0.1) is 0 Å². The van der Waals surface area contributed by atoms with E-state index in [2.05, 4.69) is 20.2 Å². The maximum Gasteiger partial charge on any atom is 0.258 e. The van der Waals surface area contributed by atoms with Crippen molar-refractivity contribution in [2.75, 3.05) is 6.54 Å². The molecule has 1 aromatic carbocycles. The molecular formula is C19H19N5O2. The summed E-state index contributed by atoms with van der Waals surface area (Å²) < 4.78 is 0. The summed E-state index contributed by atoms with van der Waals surface area (Å²) in [5.74, 6) is 0.451. The average Bonchev–Trinajstić information content (AvgIpc) is 3.10. The van der Waals surface area contributed by atoms with E-state index in [9.17, 15) is 9.59 Å². The van der Waals surface area contributed by atoms with Crippen molar-refractivity contribution in [3.05, 3.63) is 69.0 Å². The van der Waals surface area contributed by atoms with E-state index in [4.69, 9.17) is 0 Å². The molecule has 0 unspecified atom stereocenters. The zero-order chi connectivity index (χ0) is 18.3. The van der Waals surface area contributed by atoms with Crippen LogP contribution in [0.5, 0.6) is 0 Å². The molecule has 1 amide bonds. The summed E-state index contributed by atoms with van der Waals surface area (Å²) in [5, 5.41) is 7.01. The number of benzene rings is 1. The summed E-state index contributed by atoms with van der Waals surface area (Å²) in [6.07, 6.45) is 2.06. The minimum Gasteiger partial charge on any atom is -0.332 e. The van der Waals surface area contributed by atoms with Crippen molar-refractivity contribution >= 4 is 5.91 Å². The number of carbonyl (C=O) groups excluding carboxylic acids is 1. The molecule has 132 valence electrons. The summed E-state index contributed by atoms with van der Waals surface area (Å²) in [6.45, 7) is 4.57. The van der Waals surface area contributed by atoms with Crippen molar-refractivity contribution in [1.82, 2.24) is 25.1 Å². The third kappa shape index (κ3) is 2.81. The molecule has 1 aliphatic rings. The van der Waals surface area contributed by atoms with E-state index in [1.807, 2.05) is 31.2 Å². The Balaban J connectivity index is 1.66. The number of H-pyrrole nitrogens is 2. The molecule has 7 heteroatoms. The summed E-state index contributed by atoms with van der Waals surface area (Å²) in [7, 11) is 0. The SMILES string of the molecule is Cc1cccc(-c2[nH]ncc2C(=O)N2CCc3c(nc(C)[nH]c3=O)C2)c1. The molecule has 7 nitrogen and oxygen atoms in total. The lowest BCUT2D eigenvalue weighted by Gasteiger charge is -2.27. The van der Waals surface area contributed by atoms with Gasteiger partial charge in [0.2, 0.25) is 0 Å². The third-order valence-corrected chi connectivity index (χ3v) is 4.66. The van der Waals surface area contributed by atoms with Gasteiger partial charge >= 0.3 is 0 Å². The fraction of sp³-hybridized carbons (Fsp3) is 0.263. The Morgan fingerprint density at radius 2 is 2.12 bits per heavy atom. The predicted octanol–water partition coefficient (Wildman–Crippen LogP) is 1.98. The van der Waals surface area contributed by atoms with Crippen molar-refractivity contribution in [3.8, 4) is 11.3 Å². The van der Waals surface area contributed by atoms with Crippen LogP contribution in [0.25, 0.3) is 11.3 Å². The van der Waals surface area contributed by atoms with Gasteiger partial charge < -0.3 is 9.88 Å². The van der Waals surface area contributed by atoms with Crippen molar-refractivity contribution in [3.63, 3.8) is 0 Å². The standard InChI is InChI=1S/C19H19N5O2/c1-11-4-3-5-13(8-11)17-15(9-20-23-17)19(26)24-7-6-14-16(10-24)21-12(2)22-18(14)25/h3-5,8-9H,6-7,10H2,1-2H3,(H,20,23)(H,21,22,25). The first-order chi connectivity index (χ1) is 12.5. The van der Waals surface area contributed by atoms with E-state index in [1.165, 1.54) is 0 Å². The van der Waals surface area contributed by atoms with E-state index in [-0.39, 0.29) is 11.5 Å². The smallest absolute Gasteiger partial charge is 0.258 e. The third-order valence-electron chi connectivity index (χ3n) is 4.66. The highest BCUT2D eigenvalue weighted by Gasteiger charge is 2.27. The van der Waals surface area contributed by atoms with E-state index in [0.29, 0.717) is 47.8 Å². The van der Waals surface area contributed by atoms with Crippen LogP contribution in [0.2, 0.25) is 0 Å². The van der Waals surface area contributed by atoms with Gasteiger partial charge in [0.25, 0.3) is 11.5 Å². The number of hydrogen-bond donors (Lipinski definition) is 2. The first kappa shape index (κ1) is 16.3. The van der Waals surface area contributed by atoms with Crippen LogP contribution in [0.3, 0.4) is 0 Å². The molecule has 0 aliphatic carbocycles. The number of aromatic amines is 2. The second-order valence-corrected chi connectivity index (χ2v) is 6.58. The lowest BCUT2D eigenvalue weighted by Crippen LogP contribution is -2.39. The van der Waals surface area contributed by atoms with Gasteiger partial charge in [-0.1, -0.05) is 23.8 Å². The maximum absolute atomic E-state index is 13.1. The van der Waals surface area contributed by atoms with Crippen LogP contribution < -0.4 is 5.56 Å². The number of aryl methyl sites for hydroxylation is 2. The molecule has 0 fully saturated rings. The molecular weight excluding hydrogens is 330 g/mol. The van der Waals surface area contributed by atoms with E-state index in [1.54, 1.807) is 18.0 Å². The number of nitrogens with one attached hydrogen (secondary N) is 2. The first-order valence-corrected chi connectivity index (χ1v) is 8.51. The number of rotatable bonds is 2. The first-order valence-electron chi connectivity index (χ1n) is 8.51. The van der Waals surface area contributed by atoms with E-state index in [0.717, 1.165) is 11.1 Å². The Kier molecular flexibility index (Phi) is 3.91. The number of aromatic nitrogens is 4. The van der Waals surface area contributed by atoms with Crippen LogP contribution in [0, 0.1) is 13.8 Å². The number of hydrogen-bond acceptors (Lipinski definition) is 4. The van der Waals surface area contributed by atoms with Crippen LogP contribution in [0.1, 0.15) is 33.0 Å². The Bertz CT molecular complexity index is 1050. The topological polar surface area (TPSA) is 94.7 Å². The molecule has 4 rings (SSSR count). The highest BCUT2D eigenvalue weighted by atomic mass is 16.2. The average molecular weight is 349 g/mol. The summed E-state index contributed by atoms with van der Waals surface area (Å²) in [4.78, 5) is 34.0. The zero-order valence-electron chi connectivity index (χ0n) is 14.7. The Hall–Kier alpha value is -3.22. The summed E-state index contributed by atoms with van der Waals surface area (Å²) in [6, 6.07) is 7.93. The Labute approximate surface area is 150 Å². The largest absolute Gasteiger partial charge is 0.332 e. The highest BCUT2D eigenvalue weighted by Crippen LogP contribution is 2.25. The van der Waals surface area contributed by atoms with Crippen molar-refractivity contribution in [2.24, 2.45) is 0 Å². The van der Waals surface area contributed by atoms with Crippen molar-refractivity contribution in [2.45, 2.75) is 26.8 Å². The molecule has 3 aromatic rings. The van der Waals surface area contributed by atoms with Gasteiger partial charge in [-0.2, -0.15) is 5.10 Å². The van der Waals surface area contributed by atoms with Crippen LogP contribution in [-0.4, -0.2) is 37.5 Å². The van der Waals surface area contributed by atoms with Gasteiger partial charge in [0.1, 0.15) is 5.82 Å². The number of carbonyl (C=O) groups is 1. The second kappa shape index (κ2) is 6.25. The lowest BCUT2D eigenvalue weighted by molar-refractivity contribution is 0.0732. The van der Waals surface area contributed by atoms with Crippen LogP contribution >= 0.6 is 0 Å².